The zero-order chi connectivity index (χ0) is 16.3. The zero-order valence-electron chi connectivity index (χ0n) is 14.0. The summed E-state index contributed by atoms with van der Waals surface area (Å²) in [5.41, 5.74) is 5.03. The number of hydrogen-bond acceptors (Lipinski definition) is 3. The van der Waals surface area contributed by atoms with Crippen molar-refractivity contribution in [1.29, 1.82) is 0 Å². The lowest BCUT2D eigenvalue weighted by Crippen LogP contribution is -2.19. The van der Waals surface area contributed by atoms with E-state index in [9.17, 15) is 0 Å². The molecule has 0 saturated heterocycles. The fourth-order valence-electron chi connectivity index (χ4n) is 2.86. The lowest BCUT2D eigenvalue weighted by molar-refractivity contribution is 0.571. The minimum atomic E-state index is 0.132. The first kappa shape index (κ1) is 15.6. The van der Waals surface area contributed by atoms with Gasteiger partial charge in [-0.15, -0.1) is 0 Å². The fraction of sp³-hybridized carbons (Fsp3) is 0.300. The van der Waals surface area contributed by atoms with Crippen LogP contribution in [-0.2, 0) is 18.5 Å². The first-order valence-electron chi connectivity index (χ1n) is 8.02. The molecule has 1 N–H and O–H groups in total. The lowest BCUT2D eigenvalue weighted by Gasteiger charge is -2.22. The summed E-state index contributed by atoms with van der Waals surface area (Å²) in [5, 5.41) is 4.71. The average Bonchev–Trinajstić information content (AvgIpc) is 2.54. The lowest BCUT2D eigenvalue weighted by atomic mass is 9.85. The van der Waals surface area contributed by atoms with Crippen molar-refractivity contribution < 1.29 is 0 Å². The van der Waals surface area contributed by atoms with Crippen molar-refractivity contribution in [3.05, 3.63) is 71.7 Å². The van der Waals surface area contributed by atoms with Gasteiger partial charge < -0.3 is 5.32 Å². The molecule has 118 valence electrons. The third-order valence-electron chi connectivity index (χ3n) is 4.03. The molecule has 0 aliphatic heterocycles. The largest absolute Gasteiger partial charge is 0.309 e. The number of hydrogen-bond donors (Lipinski definition) is 1. The van der Waals surface area contributed by atoms with E-state index in [0.29, 0.717) is 0 Å². The van der Waals surface area contributed by atoms with E-state index in [1.807, 2.05) is 24.7 Å². The van der Waals surface area contributed by atoms with Crippen molar-refractivity contribution in [3.8, 4) is 0 Å². The van der Waals surface area contributed by atoms with Crippen LogP contribution in [0.4, 0.5) is 0 Å². The van der Waals surface area contributed by atoms with Gasteiger partial charge in [0.15, 0.2) is 0 Å². The second-order valence-corrected chi connectivity index (χ2v) is 6.92. The van der Waals surface area contributed by atoms with Crippen LogP contribution in [0, 0.1) is 0 Å². The molecule has 0 spiro atoms. The van der Waals surface area contributed by atoms with Gasteiger partial charge in [-0.1, -0.05) is 39.0 Å². The van der Waals surface area contributed by atoms with Crippen molar-refractivity contribution in [2.75, 3.05) is 0 Å². The highest BCUT2D eigenvalue weighted by atomic mass is 14.9. The molecule has 2 heterocycles. The Morgan fingerprint density at radius 1 is 1.00 bits per heavy atom. The van der Waals surface area contributed by atoms with Crippen LogP contribution in [0.1, 0.15) is 37.5 Å². The van der Waals surface area contributed by atoms with Gasteiger partial charge in [0, 0.05) is 37.1 Å². The maximum Gasteiger partial charge on any atom is 0.0705 e. The number of fused-ring (bicyclic) bond motifs is 1. The molecule has 0 fully saturated rings. The molecule has 3 rings (SSSR count). The minimum Gasteiger partial charge on any atom is -0.309 e. The molecule has 3 nitrogen and oxygen atoms in total. The maximum atomic E-state index is 4.42. The molecule has 0 unspecified atom stereocenters. The first-order chi connectivity index (χ1) is 11.0. The predicted octanol–water partition coefficient (Wildman–Crippen LogP) is 4.22. The summed E-state index contributed by atoms with van der Waals surface area (Å²) < 4.78 is 0. The van der Waals surface area contributed by atoms with Crippen LogP contribution < -0.4 is 5.32 Å². The quantitative estimate of drug-likeness (QED) is 0.784. The Morgan fingerprint density at radius 3 is 2.70 bits per heavy atom. The highest BCUT2D eigenvalue weighted by Gasteiger charge is 2.17. The van der Waals surface area contributed by atoms with E-state index in [-0.39, 0.29) is 5.41 Å². The molecule has 0 saturated carbocycles. The summed E-state index contributed by atoms with van der Waals surface area (Å²) in [7, 11) is 0. The maximum absolute atomic E-state index is 4.42. The molecule has 0 atom stereocenters. The van der Waals surface area contributed by atoms with Gasteiger partial charge in [0.1, 0.15) is 0 Å². The molecule has 1 aromatic carbocycles. The smallest absolute Gasteiger partial charge is 0.0705 e. The van der Waals surface area contributed by atoms with Crippen LogP contribution in [-0.4, -0.2) is 9.97 Å². The van der Waals surface area contributed by atoms with Gasteiger partial charge in [-0.25, -0.2) is 0 Å². The van der Waals surface area contributed by atoms with Crippen LogP contribution in [0.5, 0.6) is 0 Å². The Morgan fingerprint density at radius 2 is 1.87 bits per heavy atom. The van der Waals surface area contributed by atoms with Crippen LogP contribution >= 0.6 is 0 Å². The number of pyridine rings is 2. The second kappa shape index (κ2) is 6.47. The molecule has 0 aliphatic rings. The van der Waals surface area contributed by atoms with Gasteiger partial charge in [-0.2, -0.15) is 0 Å². The van der Waals surface area contributed by atoms with Crippen LogP contribution in [0.3, 0.4) is 0 Å². The van der Waals surface area contributed by atoms with E-state index < -0.39 is 0 Å². The standard InChI is InChI=1S/C20H23N3/c1-20(2,3)18-8-10-21-13-17(18)14-22-12-15-6-7-16-5-4-9-23-19(16)11-15/h4-11,13,22H,12,14H2,1-3H3. The van der Waals surface area contributed by atoms with Crippen LogP contribution in [0.25, 0.3) is 10.9 Å². The van der Waals surface area contributed by atoms with E-state index in [0.717, 1.165) is 18.6 Å². The molecule has 0 bridgehead atoms. The van der Waals surface area contributed by atoms with Crippen molar-refractivity contribution in [2.45, 2.75) is 39.3 Å². The van der Waals surface area contributed by atoms with Gasteiger partial charge in [-0.3, -0.25) is 9.97 Å². The fourth-order valence-corrected chi connectivity index (χ4v) is 2.86. The monoisotopic (exact) mass is 305 g/mol. The van der Waals surface area contributed by atoms with Crippen molar-refractivity contribution in [2.24, 2.45) is 0 Å². The Kier molecular flexibility index (Phi) is 4.39. The number of nitrogens with one attached hydrogen (secondary N) is 1. The third kappa shape index (κ3) is 3.74. The summed E-state index contributed by atoms with van der Waals surface area (Å²) in [4.78, 5) is 8.69. The summed E-state index contributed by atoms with van der Waals surface area (Å²) in [5.74, 6) is 0. The van der Waals surface area contributed by atoms with Crippen molar-refractivity contribution in [1.82, 2.24) is 15.3 Å². The Balaban J connectivity index is 1.69. The molecular weight excluding hydrogens is 282 g/mol. The highest BCUT2D eigenvalue weighted by molar-refractivity contribution is 5.78. The van der Waals surface area contributed by atoms with Gasteiger partial charge in [0.25, 0.3) is 0 Å². The molecule has 0 amide bonds. The van der Waals surface area contributed by atoms with Gasteiger partial charge >= 0.3 is 0 Å². The van der Waals surface area contributed by atoms with E-state index >= 15 is 0 Å². The van der Waals surface area contributed by atoms with E-state index in [1.165, 1.54) is 22.1 Å². The molecule has 0 aliphatic carbocycles. The van der Waals surface area contributed by atoms with Crippen LogP contribution in [0.2, 0.25) is 0 Å². The minimum absolute atomic E-state index is 0.132. The van der Waals surface area contributed by atoms with Crippen LogP contribution in [0.15, 0.2) is 55.0 Å². The Hall–Kier alpha value is -2.26. The average molecular weight is 305 g/mol. The molecule has 2 aromatic heterocycles. The molecule has 0 radical (unpaired) electrons. The van der Waals surface area contributed by atoms with E-state index in [2.05, 4.69) is 66.4 Å². The van der Waals surface area contributed by atoms with E-state index in [1.54, 1.807) is 0 Å². The topological polar surface area (TPSA) is 37.8 Å². The van der Waals surface area contributed by atoms with Crippen molar-refractivity contribution >= 4 is 10.9 Å². The van der Waals surface area contributed by atoms with Gasteiger partial charge in [0.05, 0.1) is 5.52 Å². The third-order valence-corrected chi connectivity index (χ3v) is 4.03. The number of benzene rings is 1. The molecule has 3 heteroatoms. The number of aromatic nitrogens is 2. The molecule has 23 heavy (non-hydrogen) atoms. The Bertz CT molecular complexity index is 803. The zero-order valence-corrected chi connectivity index (χ0v) is 14.0. The van der Waals surface area contributed by atoms with Gasteiger partial charge in [0.2, 0.25) is 0 Å². The second-order valence-electron chi connectivity index (χ2n) is 6.92. The van der Waals surface area contributed by atoms with E-state index in [4.69, 9.17) is 0 Å². The first-order valence-corrected chi connectivity index (χ1v) is 8.02. The molecule has 3 aromatic rings. The normalized spacial score (nSPS) is 11.8. The predicted molar refractivity (Wildman–Crippen MR) is 95.2 cm³/mol. The summed E-state index contributed by atoms with van der Waals surface area (Å²) in [6.07, 6.45) is 5.68. The SMILES string of the molecule is CC(C)(C)c1ccncc1CNCc1ccc2cccnc2c1. The Labute approximate surface area is 137 Å². The summed E-state index contributed by atoms with van der Waals surface area (Å²) in [6, 6.07) is 12.6. The van der Waals surface area contributed by atoms with Crippen molar-refractivity contribution in [3.63, 3.8) is 0 Å². The summed E-state index contributed by atoms with van der Waals surface area (Å²) in [6.45, 7) is 8.36. The summed E-state index contributed by atoms with van der Waals surface area (Å²) >= 11 is 0. The molecular formula is C20H23N3. The van der Waals surface area contributed by atoms with Gasteiger partial charge in [-0.05, 0) is 40.3 Å². The highest BCUT2D eigenvalue weighted by Crippen LogP contribution is 2.25. The number of rotatable bonds is 4. The number of nitrogens with zero attached hydrogens (tertiary/aromatic N) is 2.